The average Bonchev–Trinajstić information content (AvgIpc) is 3.16. The Bertz CT molecular complexity index is 945. The number of unbranched alkanes of at least 4 members (excludes halogenated alkanes) is 1. The van der Waals surface area contributed by atoms with Crippen LogP contribution in [0.2, 0.25) is 5.02 Å². The van der Waals surface area contributed by atoms with Crippen LogP contribution >= 0.6 is 23.2 Å². The zero-order valence-electron chi connectivity index (χ0n) is 23.2. The van der Waals surface area contributed by atoms with Gasteiger partial charge in [-0.05, 0) is 88.5 Å². The highest BCUT2D eigenvalue weighted by molar-refractivity contribution is 6.30. The van der Waals surface area contributed by atoms with Crippen molar-refractivity contribution in [1.82, 2.24) is 0 Å². The lowest BCUT2D eigenvalue weighted by atomic mass is 9.91. The summed E-state index contributed by atoms with van der Waals surface area (Å²) in [4.78, 5) is 23.0. The van der Waals surface area contributed by atoms with E-state index in [-0.39, 0.29) is 54.3 Å². The smallest absolute Gasteiger partial charge is 0.306 e. The molecule has 2 aliphatic rings. The van der Waals surface area contributed by atoms with Gasteiger partial charge in [-0.3, -0.25) is 9.59 Å². The Morgan fingerprint density at radius 2 is 1.97 bits per heavy atom. The average molecular weight is 586 g/mol. The fraction of sp³-hybridized carbons (Fsp3) is 0.667. The number of carbonyl (C=O) groups is 2. The molecule has 2 fully saturated rings. The Kier molecular flexibility index (Phi) is 13.4. The molecule has 1 saturated heterocycles. The van der Waals surface area contributed by atoms with Crippen LogP contribution in [-0.4, -0.2) is 49.0 Å². The monoisotopic (exact) mass is 584 g/mol. The molecule has 3 rings (SSSR count). The summed E-state index contributed by atoms with van der Waals surface area (Å²) in [5.74, 6) is 0.307. The highest BCUT2D eigenvalue weighted by Gasteiger charge is 2.44. The predicted molar refractivity (Wildman–Crippen MR) is 151 cm³/mol. The van der Waals surface area contributed by atoms with Crippen LogP contribution in [0.4, 0.5) is 0 Å². The van der Waals surface area contributed by atoms with Crippen LogP contribution in [0, 0.1) is 11.8 Å². The van der Waals surface area contributed by atoms with Gasteiger partial charge in [-0.15, -0.1) is 11.6 Å². The van der Waals surface area contributed by atoms with Crippen molar-refractivity contribution in [3.63, 3.8) is 0 Å². The molecule has 218 valence electrons. The molecule has 1 unspecified atom stereocenters. The van der Waals surface area contributed by atoms with Crippen molar-refractivity contribution in [3.05, 3.63) is 40.9 Å². The molecule has 1 aromatic carbocycles. The third kappa shape index (κ3) is 11.3. The molecule has 0 amide bonds. The van der Waals surface area contributed by atoms with E-state index in [1.165, 1.54) is 6.92 Å². The Balaban J connectivity index is 1.61. The lowest BCUT2D eigenvalue weighted by Gasteiger charge is -2.30. The van der Waals surface area contributed by atoms with Gasteiger partial charge in [-0.2, -0.15) is 0 Å². The molecule has 9 heteroatoms. The van der Waals surface area contributed by atoms with Crippen molar-refractivity contribution in [2.24, 2.45) is 11.8 Å². The molecule has 1 aromatic rings. The second-order valence-electron chi connectivity index (χ2n) is 10.6. The van der Waals surface area contributed by atoms with Crippen molar-refractivity contribution in [1.29, 1.82) is 0 Å². The van der Waals surface area contributed by atoms with Crippen molar-refractivity contribution in [2.45, 2.75) is 103 Å². The molecule has 0 radical (unpaired) electrons. The van der Waals surface area contributed by atoms with E-state index in [1.54, 1.807) is 12.1 Å². The molecule has 0 spiro atoms. The van der Waals surface area contributed by atoms with Crippen molar-refractivity contribution in [2.75, 3.05) is 13.2 Å². The predicted octanol–water partition coefficient (Wildman–Crippen LogP) is 7.01. The molecule has 5 atom stereocenters. The second kappa shape index (κ2) is 16.5. The number of hydrogen-bond donors (Lipinski definition) is 0. The summed E-state index contributed by atoms with van der Waals surface area (Å²) in [6.07, 6.45) is 10.4. The van der Waals surface area contributed by atoms with Crippen LogP contribution in [0.1, 0.15) is 77.7 Å². The van der Waals surface area contributed by atoms with Gasteiger partial charge in [-0.1, -0.05) is 23.8 Å². The maximum atomic E-state index is 11.7. The number of carbonyl (C=O) groups excluding carboxylic acids is 2. The van der Waals surface area contributed by atoms with Gasteiger partial charge in [0.2, 0.25) is 0 Å². The zero-order valence-corrected chi connectivity index (χ0v) is 24.8. The highest BCUT2D eigenvalue weighted by Crippen LogP contribution is 2.42. The van der Waals surface area contributed by atoms with E-state index < -0.39 is 0 Å². The second-order valence-corrected chi connectivity index (χ2v) is 11.6. The number of rotatable bonds is 14. The minimum atomic E-state index is -0.354. The summed E-state index contributed by atoms with van der Waals surface area (Å²) in [5.41, 5.74) is 0.759. The van der Waals surface area contributed by atoms with E-state index in [9.17, 15) is 9.59 Å². The Labute approximate surface area is 242 Å². The molecule has 7 nitrogen and oxygen atoms in total. The highest BCUT2D eigenvalue weighted by atomic mass is 35.5. The summed E-state index contributed by atoms with van der Waals surface area (Å²) in [5, 5.41) is 0.452. The summed E-state index contributed by atoms with van der Waals surface area (Å²) in [7, 11) is 0. The molecule has 1 aliphatic heterocycles. The maximum Gasteiger partial charge on any atom is 0.306 e. The van der Waals surface area contributed by atoms with E-state index in [4.69, 9.17) is 46.9 Å². The molecular weight excluding hydrogens is 543 g/mol. The normalized spacial score (nSPS) is 25.2. The molecule has 1 aliphatic carbocycles. The van der Waals surface area contributed by atoms with Gasteiger partial charge in [0.1, 0.15) is 12.4 Å². The first-order valence-electron chi connectivity index (χ1n) is 14.0. The van der Waals surface area contributed by atoms with Gasteiger partial charge < -0.3 is 23.7 Å². The summed E-state index contributed by atoms with van der Waals surface area (Å²) in [6, 6.07) is 5.34. The molecule has 1 saturated carbocycles. The van der Waals surface area contributed by atoms with Crippen LogP contribution in [0.15, 0.2) is 30.4 Å². The van der Waals surface area contributed by atoms with Gasteiger partial charge in [0.15, 0.2) is 6.29 Å². The summed E-state index contributed by atoms with van der Waals surface area (Å²) < 4.78 is 28.8. The maximum absolute atomic E-state index is 11.7. The number of benzene rings is 1. The quantitative estimate of drug-likeness (QED) is 0.101. The van der Waals surface area contributed by atoms with Crippen molar-refractivity contribution < 1.29 is 33.3 Å². The molecule has 0 bridgehead atoms. The van der Waals surface area contributed by atoms with Crippen LogP contribution in [0.25, 0.3) is 0 Å². The summed E-state index contributed by atoms with van der Waals surface area (Å²) >= 11 is 13.2. The van der Waals surface area contributed by atoms with E-state index in [0.29, 0.717) is 30.4 Å². The van der Waals surface area contributed by atoms with E-state index >= 15 is 0 Å². The Morgan fingerprint density at radius 1 is 1.15 bits per heavy atom. The fourth-order valence-electron chi connectivity index (χ4n) is 5.06. The number of allylic oxidation sites excluding steroid dienone is 2. The largest absolute Gasteiger partial charge is 0.493 e. The number of hydrogen-bond acceptors (Lipinski definition) is 7. The third-order valence-electron chi connectivity index (χ3n) is 6.92. The SMILES string of the molecule is CC(=O)OCc1cc(Cl)cc(OC[C@@H]2[C@@H](C/C=C\CCCC(=O)OC(C)C)[C@H](Cl)C[C@H]2OC2CCCCO2)c1. The first kappa shape index (κ1) is 31.7. The van der Waals surface area contributed by atoms with E-state index in [0.717, 1.165) is 50.5 Å². The van der Waals surface area contributed by atoms with Gasteiger partial charge in [0.25, 0.3) is 0 Å². The number of alkyl halides is 1. The van der Waals surface area contributed by atoms with Crippen LogP contribution in [-0.2, 0) is 35.1 Å². The number of esters is 2. The zero-order chi connectivity index (χ0) is 28.2. The number of ether oxygens (including phenoxy) is 5. The first-order chi connectivity index (χ1) is 18.7. The molecular formula is C30H42Cl2O7. The van der Waals surface area contributed by atoms with Gasteiger partial charge >= 0.3 is 11.9 Å². The minimum Gasteiger partial charge on any atom is -0.493 e. The van der Waals surface area contributed by atoms with Crippen LogP contribution in [0.5, 0.6) is 5.75 Å². The number of halogens is 2. The molecule has 1 heterocycles. The van der Waals surface area contributed by atoms with Gasteiger partial charge in [-0.25, -0.2) is 0 Å². The van der Waals surface area contributed by atoms with Gasteiger partial charge in [0.05, 0.1) is 18.8 Å². The van der Waals surface area contributed by atoms with Crippen LogP contribution < -0.4 is 4.74 Å². The molecule has 0 aromatic heterocycles. The summed E-state index contributed by atoms with van der Waals surface area (Å²) in [6.45, 7) is 6.34. The molecule has 0 N–H and O–H groups in total. The van der Waals surface area contributed by atoms with E-state index in [1.807, 2.05) is 19.9 Å². The van der Waals surface area contributed by atoms with E-state index in [2.05, 4.69) is 12.2 Å². The Morgan fingerprint density at radius 3 is 2.69 bits per heavy atom. The lowest BCUT2D eigenvalue weighted by molar-refractivity contribution is -0.197. The van der Waals surface area contributed by atoms with Crippen molar-refractivity contribution in [3.8, 4) is 5.75 Å². The minimum absolute atomic E-state index is 0.0552. The standard InChI is InChI=1S/C30H42Cl2O7/c1-20(2)38-29(34)11-7-5-4-6-10-25-26(28(17-27(25)32)39-30-12-8-9-13-35-30)19-37-24-15-22(14-23(31)16-24)18-36-21(3)33/h4,6,14-16,20,25-28,30H,5,7-13,17-19H2,1-3H3/b6-4-/t25-,26-,27-,28-,30?/m1/s1. The fourth-order valence-corrected chi connectivity index (χ4v) is 5.77. The van der Waals surface area contributed by atoms with Gasteiger partial charge in [0, 0.05) is 36.3 Å². The molecule has 39 heavy (non-hydrogen) atoms. The lowest BCUT2D eigenvalue weighted by Crippen LogP contribution is -2.34. The topological polar surface area (TPSA) is 80.3 Å². The van der Waals surface area contributed by atoms with Crippen LogP contribution in [0.3, 0.4) is 0 Å². The third-order valence-corrected chi connectivity index (χ3v) is 7.64. The first-order valence-corrected chi connectivity index (χ1v) is 14.8. The Hall–Kier alpha value is -1.80. The van der Waals surface area contributed by atoms with Crippen molar-refractivity contribution >= 4 is 35.1 Å².